The quantitative estimate of drug-likeness (QED) is 0.794. The highest BCUT2D eigenvalue weighted by Crippen LogP contribution is 2.12. The first kappa shape index (κ1) is 15.4. The minimum atomic E-state index is -0.663. The van der Waals surface area contributed by atoms with Gasteiger partial charge in [-0.3, -0.25) is 4.79 Å². The maximum atomic E-state index is 12.7. The first-order valence-electron chi connectivity index (χ1n) is 6.41. The summed E-state index contributed by atoms with van der Waals surface area (Å²) >= 11 is 0. The SMILES string of the molecule is CCC(O)CCNC(=O)C(C)Oc1ccc(F)cc1. The van der Waals surface area contributed by atoms with Crippen molar-refractivity contribution >= 4 is 5.91 Å². The van der Waals surface area contributed by atoms with Gasteiger partial charge < -0.3 is 15.2 Å². The van der Waals surface area contributed by atoms with Crippen LogP contribution in [-0.2, 0) is 4.79 Å². The van der Waals surface area contributed by atoms with Gasteiger partial charge in [0.1, 0.15) is 11.6 Å². The fourth-order valence-corrected chi connectivity index (χ4v) is 1.48. The van der Waals surface area contributed by atoms with Crippen LogP contribution in [0.4, 0.5) is 4.39 Å². The van der Waals surface area contributed by atoms with Crippen molar-refractivity contribution in [1.29, 1.82) is 0 Å². The number of nitrogens with one attached hydrogen (secondary N) is 1. The van der Waals surface area contributed by atoms with E-state index in [9.17, 15) is 14.3 Å². The molecule has 106 valence electrons. The van der Waals surface area contributed by atoms with Crippen LogP contribution in [0.25, 0.3) is 0 Å². The third kappa shape index (κ3) is 5.70. The predicted molar refractivity (Wildman–Crippen MR) is 70.4 cm³/mol. The van der Waals surface area contributed by atoms with Gasteiger partial charge in [-0.1, -0.05) is 6.92 Å². The number of amides is 1. The van der Waals surface area contributed by atoms with Crippen LogP contribution in [0.1, 0.15) is 26.7 Å². The lowest BCUT2D eigenvalue weighted by atomic mass is 10.2. The molecule has 1 amide bonds. The average Bonchev–Trinajstić information content (AvgIpc) is 2.40. The molecule has 2 unspecified atom stereocenters. The summed E-state index contributed by atoms with van der Waals surface area (Å²) in [5.74, 6) is -0.164. The Morgan fingerprint density at radius 1 is 1.42 bits per heavy atom. The first-order valence-corrected chi connectivity index (χ1v) is 6.41. The molecule has 5 heteroatoms. The number of halogens is 1. The van der Waals surface area contributed by atoms with Gasteiger partial charge in [0.05, 0.1) is 6.10 Å². The smallest absolute Gasteiger partial charge is 0.260 e. The zero-order valence-electron chi connectivity index (χ0n) is 11.2. The molecule has 0 aliphatic carbocycles. The number of benzene rings is 1. The summed E-state index contributed by atoms with van der Waals surface area (Å²) in [6.45, 7) is 3.91. The average molecular weight is 269 g/mol. The van der Waals surface area contributed by atoms with Crippen molar-refractivity contribution < 1.29 is 19.0 Å². The van der Waals surface area contributed by atoms with Gasteiger partial charge >= 0.3 is 0 Å². The summed E-state index contributed by atoms with van der Waals surface area (Å²) in [5, 5.41) is 12.0. The van der Waals surface area contributed by atoms with Gasteiger partial charge in [0.25, 0.3) is 5.91 Å². The van der Waals surface area contributed by atoms with Crippen LogP contribution in [0.15, 0.2) is 24.3 Å². The Hall–Kier alpha value is -1.62. The normalized spacial score (nSPS) is 13.7. The molecule has 1 rings (SSSR count). The Labute approximate surface area is 112 Å². The minimum absolute atomic E-state index is 0.257. The first-order chi connectivity index (χ1) is 9.02. The van der Waals surface area contributed by atoms with Gasteiger partial charge in [-0.15, -0.1) is 0 Å². The lowest BCUT2D eigenvalue weighted by Gasteiger charge is -2.15. The Balaban J connectivity index is 2.34. The van der Waals surface area contributed by atoms with Crippen molar-refractivity contribution in [3.05, 3.63) is 30.1 Å². The van der Waals surface area contributed by atoms with Crippen molar-refractivity contribution in [1.82, 2.24) is 5.32 Å². The maximum Gasteiger partial charge on any atom is 0.260 e. The van der Waals surface area contributed by atoms with Crippen LogP contribution >= 0.6 is 0 Å². The number of ether oxygens (including phenoxy) is 1. The fourth-order valence-electron chi connectivity index (χ4n) is 1.48. The van der Waals surface area contributed by atoms with Crippen LogP contribution < -0.4 is 10.1 Å². The van der Waals surface area contributed by atoms with Crippen LogP contribution in [0.3, 0.4) is 0 Å². The van der Waals surface area contributed by atoms with E-state index < -0.39 is 12.2 Å². The summed E-state index contributed by atoms with van der Waals surface area (Å²) in [5.41, 5.74) is 0. The molecule has 2 N–H and O–H groups in total. The van der Waals surface area contributed by atoms with Crippen molar-refractivity contribution in [3.8, 4) is 5.75 Å². The highest BCUT2D eigenvalue weighted by Gasteiger charge is 2.14. The predicted octanol–water partition coefficient (Wildman–Crippen LogP) is 1.87. The number of hydrogen-bond donors (Lipinski definition) is 2. The molecule has 0 fully saturated rings. The molecule has 0 aliphatic rings. The van der Waals surface area contributed by atoms with E-state index in [-0.39, 0.29) is 11.7 Å². The topological polar surface area (TPSA) is 58.6 Å². The van der Waals surface area contributed by atoms with Gasteiger partial charge in [0.2, 0.25) is 0 Å². The number of carbonyl (C=O) groups is 1. The van der Waals surface area contributed by atoms with Gasteiger partial charge in [-0.25, -0.2) is 4.39 Å². The molecule has 19 heavy (non-hydrogen) atoms. The van der Waals surface area contributed by atoms with Crippen molar-refractivity contribution in [2.45, 2.75) is 38.9 Å². The lowest BCUT2D eigenvalue weighted by Crippen LogP contribution is -2.37. The molecule has 4 nitrogen and oxygen atoms in total. The summed E-state index contributed by atoms with van der Waals surface area (Å²) in [7, 11) is 0. The van der Waals surface area contributed by atoms with Crippen LogP contribution in [-0.4, -0.2) is 29.8 Å². The van der Waals surface area contributed by atoms with Gasteiger partial charge in [0, 0.05) is 6.54 Å². The zero-order chi connectivity index (χ0) is 14.3. The molecule has 0 saturated heterocycles. The zero-order valence-corrected chi connectivity index (χ0v) is 11.2. The largest absolute Gasteiger partial charge is 0.481 e. The standard InChI is InChI=1S/C14H20FNO3/c1-3-12(17)8-9-16-14(18)10(2)19-13-6-4-11(15)5-7-13/h4-7,10,12,17H,3,8-9H2,1-2H3,(H,16,18). The highest BCUT2D eigenvalue weighted by atomic mass is 19.1. The number of aliphatic hydroxyl groups is 1. The van der Waals surface area contributed by atoms with Crippen LogP contribution in [0.5, 0.6) is 5.75 Å². The second kappa shape index (κ2) is 7.74. The van der Waals surface area contributed by atoms with Crippen LogP contribution in [0, 0.1) is 5.82 Å². The van der Waals surface area contributed by atoms with Crippen LogP contribution in [0.2, 0.25) is 0 Å². The molecule has 0 heterocycles. The van der Waals surface area contributed by atoms with Crippen molar-refractivity contribution in [2.24, 2.45) is 0 Å². The number of aliphatic hydroxyl groups excluding tert-OH is 1. The third-order valence-corrected chi connectivity index (χ3v) is 2.74. The molecule has 0 bridgehead atoms. The Kier molecular flexibility index (Phi) is 6.29. The van der Waals surface area contributed by atoms with E-state index in [0.29, 0.717) is 25.1 Å². The summed E-state index contributed by atoms with van der Waals surface area (Å²) in [4.78, 5) is 11.7. The van der Waals surface area contributed by atoms with E-state index in [4.69, 9.17) is 4.74 Å². The Bertz CT molecular complexity index is 394. The Morgan fingerprint density at radius 2 is 2.05 bits per heavy atom. The highest BCUT2D eigenvalue weighted by molar-refractivity contribution is 5.80. The third-order valence-electron chi connectivity index (χ3n) is 2.74. The second-order valence-corrected chi connectivity index (χ2v) is 4.36. The summed E-state index contributed by atoms with van der Waals surface area (Å²) < 4.78 is 18.1. The maximum absolute atomic E-state index is 12.7. The molecule has 2 atom stereocenters. The lowest BCUT2D eigenvalue weighted by molar-refractivity contribution is -0.127. The van der Waals surface area contributed by atoms with Crippen molar-refractivity contribution in [2.75, 3.05) is 6.54 Å². The van der Waals surface area contributed by atoms with Gasteiger partial charge in [0.15, 0.2) is 6.10 Å². The second-order valence-electron chi connectivity index (χ2n) is 4.36. The van der Waals surface area contributed by atoms with Gasteiger partial charge in [-0.2, -0.15) is 0 Å². The molecule has 0 saturated carbocycles. The van der Waals surface area contributed by atoms with E-state index in [1.807, 2.05) is 6.92 Å². The number of rotatable bonds is 7. The molecular weight excluding hydrogens is 249 g/mol. The van der Waals surface area contributed by atoms with Crippen molar-refractivity contribution in [3.63, 3.8) is 0 Å². The summed E-state index contributed by atoms with van der Waals surface area (Å²) in [6, 6.07) is 5.50. The van der Waals surface area contributed by atoms with Gasteiger partial charge in [-0.05, 0) is 44.0 Å². The summed E-state index contributed by atoms with van der Waals surface area (Å²) in [6.07, 6.45) is 0.126. The van der Waals surface area contributed by atoms with E-state index in [2.05, 4.69) is 5.32 Å². The molecule has 0 aromatic heterocycles. The fraction of sp³-hybridized carbons (Fsp3) is 0.500. The van der Waals surface area contributed by atoms with E-state index in [1.165, 1.54) is 24.3 Å². The molecule has 1 aromatic carbocycles. The molecule has 0 aliphatic heterocycles. The van der Waals surface area contributed by atoms with E-state index in [1.54, 1.807) is 6.92 Å². The molecular formula is C14H20FNO3. The van der Waals surface area contributed by atoms with E-state index >= 15 is 0 Å². The molecule has 0 radical (unpaired) electrons. The monoisotopic (exact) mass is 269 g/mol. The number of hydrogen-bond acceptors (Lipinski definition) is 3. The molecule has 1 aromatic rings. The Morgan fingerprint density at radius 3 is 2.63 bits per heavy atom. The minimum Gasteiger partial charge on any atom is -0.481 e. The van der Waals surface area contributed by atoms with E-state index in [0.717, 1.165) is 0 Å². The number of carbonyl (C=O) groups excluding carboxylic acids is 1. The molecule has 0 spiro atoms.